The summed E-state index contributed by atoms with van der Waals surface area (Å²) in [6.45, 7) is 3.83. The predicted molar refractivity (Wildman–Crippen MR) is 109 cm³/mol. The Morgan fingerprint density at radius 2 is 1.72 bits per heavy atom. The van der Waals surface area contributed by atoms with Crippen LogP contribution in [0.15, 0.2) is 28.9 Å². The number of aryl methyl sites for hydroxylation is 1. The molecular formula is C20H25BrN4O4. The van der Waals surface area contributed by atoms with Gasteiger partial charge in [0.25, 0.3) is 11.8 Å². The van der Waals surface area contributed by atoms with Gasteiger partial charge in [-0.1, -0.05) is 26.0 Å². The second-order valence-corrected chi connectivity index (χ2v) is 8.86. The summed E-state index contributed by atoms with van der Waals surface area (Å²) < 4.78 is 2.35. The summed E-state index contributed by atoms with van der Waals surface area (Å²) in [6, 6.07) is 0.666. The third-order valence-electron chi connectivity index (χ3n) is 5.35. The van der Waals surface area contributed by atoms with Crippen molar-refractivity contribution in [2.45, 2.75) is 39.2 Å². The normalized spacial score (nSPS) is 22.0. The third kappa shape index (κ3) is 4.29. The zero-order chi connectivity index (χ0) is 21.3. The highest BCUT2D eigenvalue weighted by molar-refractivity contribution is 9.10. The standard InChI is InChI=1S/C20H25BrN4O4/c1-11(2)8-16(25-19(28)13-6-4-5-7-14(13)20(25)29)18(27)23-22-17(26)15-9-12(21)10-24(15)3/h4-5,9-11,13-14,16H,6-8H2,1-3H3,(H,22,26)(H,23,27). The van der Waals surface area contributed by atoms with Crippen molar-refractivity contribution in [3.05, 3.63) is 34.6 Å². The van der Waals surface area contributed by atoms with Crippen LogP contribution in [0, 0.1) is 17.8 Å². The van der Waals surface area contributed by atoms with E-state index < -0.39 is 29.7 Å². The molecule has 1 saturated heterocycles. The van der Waals surface area contributed by atoms with Crippen molar-refractivity contribution in [3.63, 3.8) is 0 Å². The van der Waals surface area contributed by atoms with E-state index in [2.05, 4.69) is 26.8 Å². The third-order valence-corrected chi connectivity index (χ3v) is 5.79. The first-order valence-corrected chi connectivity index (χ1v) is 10.4. The van der Waals surface area contributed by atoms with E-state index in [1.165, 1.54) is 0 Å². The van der Waals surface area contributed by atoms with Crippen molar-refractivity contribution in [2.24, 2.45) is 24.8 Å². The summed E-state index contributed by atoms with van der Waals surface area (Å²) in [4.78, 5) is 52.1. The maximum atomic E-state index is 12.9. The molecular weight excluding hydrogens is 440 g/mol. The van der Waals surface area contributed by atoms with Crippen LogP contribution in [-0.4, -0.2) is 39.1 Å². The molecule has 3 atom stereocenters. The molecule has 1 fully saturated rings. The number of nitrogens with zero attached hydrogens (tertiary/aromatic N) is 2. The molecule has 29 heavy (non-hydrogen) atoms. The number of allylic oxidation sites excluding steroid dienone is 2. The Hall–Kier alpha value is -2.42. The van der Waals surface area contributed by atoms with Crippen LogP contribution in [0.5, 0.6) is 0 Å². The fourth-order valence-electron chi connectivity index (χ4n) is 3.93. The molecule has 2 heterocycles. The number of amides is 4. The van der Waals surface area contributed by atoms with Crippen molar-refractivity contribution in [3.8, 4) is 0 Å². The van der Waals surface area contributed by atoms with E-state index in [1.807, 2.05) is 26.0 Å². The van der Waals surface area contributed by atoms with E-state index in [-0.39, 0.29) is 17.7 Å². The number of carbonyl (C=O) groups excluding carboxylic acids is 4. The van der Waals surface area contributed by atoms with Crippen LogP contribution in [0.2, 0.25) is 0 Å². The molecule has 8 nitrogen and oxygen atoms in total. The van der Waals surface area contributed by atoms with E-state index in [0.29, 0.717) is 25.0 Å². The average molecular weight is 465 g/mol. The number of hydrazine groups is 1. The van der Waals surface area contributed by atoms with Gasteiger partial charge in [-0.25, -0.2) is 0 Å². The molecule has 0 saturated carbocycles. The second kappa shape index (κ2) is 8.52. The van der Waals surface area contributed by atoms with Crippen molar-refractivity contribution in [1.82, 2.24) is 20.3 Å². The Bertz CT molecular complexity index is 850. The molecule has 0 spiro atoms. The summed E-state index contributed by atoms with van der Waals surface area (Å²) >= 11 is 3.29. The number of carbonyl (C=O) groups is 4. The van der Waals surface area contributed by atoms with Crippen LogP contribution in [-0.2, 0) is 21.4 Å². The van der Waals surface area contributed by atoms with Crippen LogP contribution in [0.3, 0.4) is 0 Å². The number of hydrogen-bond acceptors (Lipinski definition) is 4. The van der Waals surface area contributed by atoms with Crippen LogP contribution >= 0.6 is 15.9 Å². The minimum Gasteiger partial charge on any atom is -0.345 e. The van der Waals surface area contributed by atoms with Gasteiger partial charge in [0.05, 0.1) is 11.8 Å². The zero-order valence-electron chi connectivity index (χ0n) is 16.6. The van der Waals surface area contributed by atoms with Gasteiger partial charge in [0.1, 0.15) is 11.7 Å². The first-order valence-electron chi connectivity index (χ1n) is 9.64. The highest BCUT2D eigenvalue weighted by Gasteiger charge is 2.51. The molecule has 0 bridgehead atoms. The number of halogens is 1. The van der Waals surface area contributed by atoms with Crippen LogP contribution in [0.25, 0.3) is 0 Å². The summed E-state index contributed by atoms with van der Waals surface area (Å²) in [5.74, 6) is -2.40. The van der Waals surface area contributed by atoms with Gasteiger partial charge < -0.3 is 4.57 Å². The highest BCUT2D eigenvalue weighted by atomic mass is 79.9. The molecule has 9 heteroatoms. The monoisotopic (exact) mass is 464 g/mol. The molecule has 2 aliphatic rings. The molecule has 4 amide bonds. The Balaban J connectivity index is 1.74. The summed E-state index contributed by atoms with van der Waals surface area (Å²) in [6.07, 6.45) is 6.89. The summed E-state index contributed by atoms with van der Waals surface area (Å²) in [5.41, 5.74) is 5.12. The summed E-state index contributed by atoms with van der Waals surface area (Å²) in [5, 5.41) is 0. The fraction of sp³-hybridized carbons (Fsp3) is 0.500. The van der Waals surface area contributed by atoms with Gasteiger partial charge in [0.2, 0.25) is 11.8 Å². The van der Waals surface area contributed by atoms with E-state index in [0.717, 1.165) is 9.37 Å². The lowest BCUT2D eigenvalue weighted by Crippen LogP contribution is -2.54. The van der Waals surface area contributed by atoms with Crippen molar-refractivity contribution in [1.29, 1.82) is 0 Å². The van der Waals surface area contributed by atoms with Gasteiger partial charge in [0, 0.05) is 17.7 Å². The number of imide groups is 1. The van der Waals surface area contributed by atoms with E-state index in [1.54, 1.807) is 23.9 Å². The van der Waals surface area contributed by atoms with Gasteiger partial charge in [-0.15, -0.1) is 0 Å². The van der Waals surface area contributed by atoms with E-state index in [4.69, 9.17) is 0 Å². The maximum absolute atomic E-state index is 12.9. The Kier molecular flexibility index (Phi) is 6.26. The van der Waals surface area contributed by atoms with E-state index >= 15 is 0 Å². The van der Waals surface area contributed by atoms with Crippen LogP contribution < -0.4 is 10.9 Å². The largest absolute Gasteiger partial charge is 0.345 e. The Morgan fingerprint density at radius 3 is 2.21 bits per heavy atom. The van der Waals surface area contributed by atoms with Crippen molar-refractivity contribution >= 4 is 39.6 Å². The number of nitrogens with one attached hydrogen (secondary N) is 2. The first-order chi connectivity index (χ1) is 13.7. The quantitative estimate of drug-likeness (QED) is 0.394. The number of aromatic nitrogens is 1. The molecule has 1 aliphatic heterocycles. The van der Waals surface area contributed by atoms with Crippen molar-refractivity contribution in [2.75, 3.05) is 0 Å². The van der Waals surface area contributed by atoms with Crippen molar-refractivity contribution < 1.29 is 19.2 Å². The van der Waals surface area contributed by atoms with Gasteiger partial charge in [-0.05, 0) is 47.2 Å². The van der Waals surface area contributed by atoms with Gasteiger partial charge in [0.15, 0.2) is 0 Å². The number of rotatable bonds is 5. The maximum Gasteiger partial charge on any atom is 0.286 e. The lowest BCUT2D eigenvalue weighted by Gasteiger charge is -2.27. The van der Waals surface area contributed by atoms with E-state index in [9.17, 15) is 19.2 Å². The lowest BCUT2D eigenvalue weighted by molar-refractivity contribution is -0.148. The number of likely N-dealkylation sites (tertiary alicyclic amines) is 1. The minimum absolute atomic E-state index is 0.0756. The fourth-order valence-corrected chi connectivity index (χ4v) is 4.45. The molecule has 1 aliphatic carbocycles. The zero-order valence-corrected chi connectivity index (χ0v) is 18.2. The smallest absolute Gasteiger partial charge is 0.286 e. The minimum atomic E-state index is -0.957. The highest BCUT2D eigenvalue weighted by Crippen LogP contribution is 2.37. The van der Waals surface area contributed by atoms with Gasteiger partial charge >= 0.3 is 0 Å². The molecule has 1 aromatic heterocycles. The number of fused-ring (bicyclic) bond motifs is 1. The lowest BCUT2D eigenvalue weighted by atomic mass is 9.85. The Morgan fingerprint density at radius 1 is 1.14 bits per heavy atom. The number of hydrogen-bond donors (Lipinski definition) is 2. The molecule has 0 radical (unpaired) electrons. The van der Waals surface area contributed by atoms with Gasteiger partial charge in [-0.3, -0.25) is 34.9 Å². The predicted octanol–water partition coefficient (Wildman–Crippen LogP) is 1.91. The Labute approximate surface area is 177 Å². The SMILES string of the molecule is CC(C)CC(C(=O)NNC(=O)c1cc(Br)cn1C)N1C(=O)C2CC=CCC2C1=O. The molecule has 3 unspecified atom stereocenters. The molecule has 156 valence electrons. The molecule has 1 aromatic rings. The topological polar surface area (TPSA) is 101 Å². The summed E-state index contributed by atoms with van der Waals surface area (Å²) in [7, 11) is 1.71. The second-order valence-electron chi connectivity index (χ2n) is 7.95. The first kappa shape index (κ1) is 21.3. The molecule has 0 aromatic carbocycles. The van der Waals surface area contributed by atoms with Crippen LogP contribution in [0.1, 0.15) is 43.6 Å². The van der Waals surface area contributed by atoms with Gasteiger partial charge in [-0.2, -0.15) is 0 Å². The molecule has 2 N–H and O–H groups in total. The molecule has 3 rings (SSSR count). The average Bonchev–Trinajstić information content (AvgIpc) is 3.14. The van der Waals surface area contributed by atoms with Crippen LogP contribution in [0.4, 0.5) is 0 Å².